The minimum atomic E-state index is -0.321. The van der Waals surface area contributed by atoms with Crippen LogP contribution in [0.1, 0.15) is 76.8 Å². The SMILES string of the molecule is CC(C)c1cn(CC[C@@H]2CC[C@H](NC(=O)C3CCCCC3)[C@H](CO)O2)nn1. The predicted octanol–water partition coefficient (Wildman–Crippen LogP) is 2.40. The number of aromatic nitrogens is 3. The maximum atomic E-state index is 12.5. The van der Waals surface area contributed by atoms with Crippen LogP contribution >= 0.6 is 0 Å². The van der Waals surface area contributed by atoms with E-state index >= 15 is 0 Å². The summed E-state index contributed by atoms with van der Waals surface area (Å²) in [6, 6.07) is -0.0837. The third-order valence-electron chi connectivity index (χ3n) is 5.93. The molecule has 0 spiro atoms. The molecule has 27 heavy (non-hydrogen) atoms. The van der Waals surface area contributed by atoms with Gasteiger partial charge in [-0.15, -0.1) is 5.10 Å². The van der Waals surface area contributed by atoms with Gasteiger partial charge in [-0.2, -0.15) is 0 Å². The molecule has 0 aromatic carbocycles. The second-order valence-electron chi connectivity index (χ2n) is 8.36. The molecule has 1 aliphatic carbocycles. The van der Waals surface area contributed by atoms with Gasteiger partial charge in [-0.3, -0.25) is 9.48 Å². The molecule has 2 aliphatic rings. The largest absolute Gasteiger partial charge is 0.394 e. The van der Waals surface area contributed by atoms with Crippen molar-refractivity contribution in [3.63, 3.8) is 0 Å². The van der Waals surface area contributed by atoms with E-state index in [1.807, 2.05) is 10.9 Å². The average molecular weight is 379 g/mol. The van der Waals surface area contributed by atoms with Crippen LogP contribution in [0.3, 0.4) is 0 Å². The van der Waals surface area contributed by atoms with Crippen LogP contribution in [0.5, 0.6) is 0 Å². The molecule has 152 valence electrons. The normalized spacial score (nSPS) is 27.0. The van der Waals surface area contributed by atoms with Crippen LogP contribution in [0.25, 0.3) is 0 Å². The molecule has 7 heteroatoms. The van der Waals surface area contributed by atoms with Crippen LogP contribution in [0.15, 0.2) is 6.20 Å². The molecule has 1 aliphatic heterocycles. The van der Waals surface area contributed by atoms with Crippen molar-refractivity contribution < 1.29 is 14.6 Å². The van der Waals surface area contributed by atoms with Gasteiger partial charge in [-0.1, -0.05) is 38.3 Å². The summed E-state index contributed by atoms with van der Waals surface area (Å²) in [7, 11) is 0. The van der Waals surface area contributed by atoms with Gasteiger partial charge in [0.25, 0.3) is 0 Å². The molecule has 3 rings (SSSR count). The fraction of sp³-hybridized carbons (Fsp3) is 0.850. The Morgan fingerprint density at radius 3 is 2.74 bits per heavy atom. The fourth-order valence-corrected chi connectivity index (χ4v) is 4.14. The number of nitrogens with one attached hydrogen (secondary N) is 1. The van der Waals surface area contributed by atoms with E-state index in [0.29, 0.717) is 5.92 Å². The minimum Gasteiger partial charge on any atom is -0.394 e. The highest BCUT2D eigenvalue weighted by Crippen LogP contribution is 2.26. The summed E-state index contributed by atoms with van der Waals surface area (Å²) in [5.41, 5.74) is 0.998. The number of carbonyl (C=O) groups excluding carboxylic acids is 1. The molecule has 2 heterocycles. The molecule has 1 saturated carbocycles. The quantitative estimate of drug-likeness (QED) is 0.760. The number of nitrogens with zero attached hydrogens (tertiary/aromatic N) is 3. The van der Waals surface area contributed by atoms with Crippen molar-refractivity contribution in [3.8, 4) is 0 Å². The van der Waals surface area contributed by atoms with Crippen LogP contribution in [0.2, 0.25) is 0 Å². The smallest absolute Gasteiger partial charge is 0.223 e. The molecule has 1 amide bonds. The Morgan fingerprint density at radius 2 is 2.07 bits per heavy atom. The highest BCUT2D eigenvalue weighted by Gasteiger charge is 2.33. The number of amides is 1. The highest BCUT2D eigenvalue weighted by molar-refractivity contribution is 5.79. The number of aliphatic hydroxyl groups excluding tert-OH is 1. The van der Waals surface area contributed by atoms with Gasteiger partial charge in [-0.05, 0) is 38.0 Å². The van der Waals surface area contributed by atoms with E-state index < -0.39 is 0 Å². The summed E-state index contributed by atoms with van der Waals surface area (Å²) >= 11 is 0. The number of aliphatic hydroxyl groups is 1. The first-order chi connectivity index (χ1) is 13.1. The number of hydrogen-bond donors (Lipinski definition) is 2. The number of ether oxygens (including phenoxy) is 1. The van der Waals surface area contributed by atoms with Gasteiger partial charge >= 0.3 is 0 Å². The van der Waals surface area contributed by atoms with E-state index in [1.165, 1.54) is 6.42 Å². The zero-order valence-electron chi connectivity index (χ0n) is 16.6. The van der Waals surface area contributed by atoms with Crippen molar-refractivity contribution in [1.82, 2.24) is 20.3 Å². The summed E-state index contributed by atoms with van der Waals surface area (Å²) in [6.45, 7) is 4.90. The number of hydrogen-bond acceptors (Lipinski definition) is 5. The van der Waals surface area contributed by atoms with Gasteiger partial charge in [0, 0.05) is 18.7 Å². The molecular formula is C20H34N4O3. The maximum absolute atomic E-state index is 12.5. The number of carbonyl (C=O) groups is 1. The Hall–Kier alpha value is -1.47. The lowest BCUT2D eigenvalue weighted by Gasteiger charge is -2.37. The van der Waals surface area contributed by atoms with Crippen molar-refractivity contribution in [2.45, 2.75) is 95.9 Å². The first-order valence-corrected chi connectivity index (χ1v) is 10.5. The van der Waals surface area contributed by atoms with Crippen molar-refractivity contribution in [3.05, 3.63) is 11.9 Å². The standard InChI is InChI=1S/C20H34N4O3/c1-14(2)18-12-24(23-22-18)11-10-16-8-9-17(19(13-25)27-16)21-20(26)15-6-4-3-5-7-15/h12,14-17,19,25H,3-11,13H2,1-2H3,(H,21,26)/t16-,17-,19-/m0/s1. The summed E-state index contributed by atoms with van der Waals surface area (Å²) in [5.74, 6) is 0.652. The Labute approximate surface area is 161 Å². The van der Waals surface area contributed by atoms with Crippen molar-refractivity contribution in [2.24, 2.45) is 5.92 Å². The summed E-state index contributed by atoms with van der Waals surface area (Å²) in [4.78, 5) is 12.5. The van der Waals surface area contributed by atoms with Gasteiger partial charge in [-0.25, -0.2) is 0 Å². The van der Waals surface area contributed by atoms with Gasteiger partial charge in [0.1, 0.15) is 6.10 Å². The monoisotopic (exact) mass is 378 g/mol. The van der Waals surface area contributed by atoms with E-state index in [9.17, 15) is 9.90 Å². The Morgan fingerprint density at radius 1 is 1.30 bits per heavy atom. The van der Waals surface area contributed by atoms with E-state index in [4.69, 9.17) is 4.74 Å². The molecule has 0 bridgehead atoms. The molecule has 0 radical (unpaired) electrons. The molecule has 2 fully saturated rings. The zero-order valence-corrected chi connectivity index (χ0v) is 16.6. The van der Waals surface area contributed by atoms with Gasteiger partial charge in [0.2, 0.25) is 5.91 Å². The second-order valence-corrected chi connectivity index (χ2v) is 8.36. The summed E-state index contributed by atoms with van der Waals surface area (Å²) < 4.78 is 7.95. The zero-order chi connectivity index (χ0) is 19.2. The summed E-state index contributed by atoms with van der Waals surface area (Å²) in [5, 5.41) is 21.3. The van der Waals surface area contributed by atoms with Crippen LogP contribution in [-0.2, 0) is 16.1 Å². The molecule has 1 saturated heterocycles. The van der Waals surface area contributed by atoms with Crippen LogP contribution in [-0.4, -0.2) is 50.9 Å². The Kier molecular flexibility index (Phi) is 7.24. The van der Waals surface area contributed by atoms with E-state index in [2.05, 4.69) is 29.5 Å². The first-order valence-electron chi connectivity index (χ1n) is 10.5. The third-order valence-corrected chi connectivity index (χ3v) is 5.93. The van der Waals surface area contributed by atoms with Gasteiger partial charge in [0.15, 0.2) is 0 Å². The average Bonchev–Trinajstić information content (AvgIpc) is 3.17. The molecular weight excluding hydrogens is 344 g/mol. The Balaban J connectivity index is 1.46. The van der Waals surface area contributed by atoms with Crippen LogP contribution in [0.4, 0.5) is 0 Å². The van der Waals surface area contributed by atoms with E-state index in [0.717, 1.165) is 57.2 Å². The molecule has 1 aromatic rings. The second kappa shape index (κ2) is 9.64. The molecule has 2 N–H and O–H groups in total. The predicted molar refractivity (Wildman–Crippen MR) is 102 cm³/mol. The van der Waals surface area contributed by atoms with Gasteiger partial charge < -0.3 is 15.2 Å². The minimum absolute atomic E-state index is 0.0626. The Bertz CT molecular complexity index is 598. The van der Waals surface area contributed by atoms with Crippen molar-refractivity contribution in [2.75, 3.05) is 6.61 Å². The molecule has 7 nitrogen and oxygen atoms in total. The summed E-state index contributed by atoms with van der Waals surface area (Å²) in [6.07, 6.45) is 9.82. The lowest BCUT2D eigenvalue weighted by molar-refractivity contribution is -0.133. The van der Waals surface area contributed by atoms with Gasteiger partial charge in [0.05, 0.1) is 24.4 Å². The number of aryl methyl sites for hydroxylation is 1. The molecule has 3 atom stereocenters. The van der Waals surface area contributed by atoms with Crippen LogP contribution < -0.4 is 5.32 Å². The fourth-order valence-electron chi connectivity index (χ4n) is 4.14. The molecule has 0 unspecified atom stereocenters. The topological polar surface area (TPSA) is 89.3 Å². The lowest BCUT2D eigenvalue weighted by atomic mass is 9.88. The van der Waals surface area contributed by atoms with Crippen LogP contribution in [0, 0.1) is 5.92 Å². The van der Waals surface area contributed by atoms with E-state index in [1.54, 1.807) is 0 Å². The van der Waals surface area contributed by atoms with E-state index in [-0.39, 0.29) is 36.7 Å². The maximum Gasteiger partial charge on any atom is 0.223 e. The number of rotatable bonds is 7. The van der Waals surface area contributed by atoms with Crippen molar-refractivity contribution in [1.29, 1.82) is 0 Å². The lowest BCUT2D eigenvalue weighted by Crippen LogP contribution is -2.52. The highest BCUT2D eigenvalue weighted by atomic mass is 16.5. The van der Waals surface area contributed by atoms with Crippen molar-refractivity contribution >= 4 is 5.91 Å². The first kappa shape index (κ1) is 20.3. The molecule has 1 aromatic heterocycles. The third kappa shape index (κ3) is 5.51.